The topological polar surface area (TPSA) is 90.1 Å². The molecule has 1 aromatic carbocycles. The molecule has 7 nitrogen and oxygen atoms in total. The van der Waals surface area contributed by atoms with Crippen LogP contribution in [0, 0.1) is 5.82 Å². The number of H-pyrrole nitrogens is 1. The maximum atomic E-state index is 13.8. The number of carbonyl (C=O) groups excluding carboxylic acids is 2. The van der Waals surface area contributed by atoms with E-state index >= 15 is 0 Å². The van der Waals surface area contributed by atoms with Crippen LogP contribution in [0.25, 0.3) is 0 Å². The van der Waals surface area contributed by atoms with Gasteiger partial charge in [0.1, 0.15) is 5.82 Å². The molecule has 2 heterocycles. The zero-order valence-electron chi connectivity index (χ0n) is 13.4. The van der Waals surface area contributed by atoms with E-state index in [1.807, 2.05) is 0 Å². The molecule has 0 radical (unpaired) electrons. The van der Waals surface area contributed by atoms with Gasteiger partial charge in [-0.15, -0.1) is 0 Å². The molecule has 1 aliphatic heterocycles. The minimum Gasteiger partial charge on any atom is -0.345 e. The highest BCUT2D eigenvalue weighted by Crippen LogP contribution is 2.19. The Bertz CT molecular complexity index is 800. The third kappa shape index (κ3) is 3.00. The molecule has 0 aliphatic carbocycles. The van der Waals surface area contributed by atoms with Crippen molar-refractivity contribution in [3.63, 3.8) is 0 Å². The molecule has 3 N–H and O–H groups in total. The lowest BCUT2D eigenvalue weighted by molar-refractivity contribution is 0.0822. The van der Waals surface area contributed by atoms with Crippen LogP contribution in [0.4, 0.5) is 10.1 Å². The van der Waals surface area contributed by atoms with E-state index in [1.54, 1.807) is 0 Å². The molecule has 1 aromatic heterocycles. The zero-order valence-corrected chi connectivity index (χ0v) is 13.4. The van der Waals surface area contributed by atoms with Gasteiger partial charge in [0.2, 0.25) is 0 Å². The molecule has 0 fully saturated rings. The number of benzene rings is 1. The lowest BCUT2D eigenvalue weighted by Gasteiger charge is -2.14. The van der Waals surface area contributed by atoms with Gasteiger partial charge in [-0.1, -0.05) is 0 Å². The van der Waals surface area contributed by atoms with E-state index < -0.39 is 17.6 Å². The molecule has 3 rings (SSSR count). The number of nitrogens with zero attached hydrogens (tertiary/aromatic N) is 2. The standard InChI is InChI=1S/C16H18FN5O2/c1-22(2)16(24)10-7-9(3-4-12(10)17)19-15(23)14-11-8-18-6-5-13(11)20-21-14/h3-4,7,18H,5-6,8H2,1-2H3,(H,19,23)(H,20,21). The maximum Gasteiger partial charge on any atom is 0.276 e. The number of amides is 2. The number of aromatic amines is 1. The van der Waals surface area contributed by atoms with Gasteiger partial charge in [-0.3, -0.25) is 14.7 Å². The van der Waals surface area contributed by atoms with Crippen LogP contribution < -0.4 is 10.6 Å². The van der Waals surface area contributed by atoms with Crippen molar-refractivity contribution >= 4 is 17.5 Å². The van der Waals surface area contributed by atoms with E-state index in [1.165, 1.54) is 31.1 Å². The molecule has 0 unspecified atom stereocenters. The first-order valence-corrected chi connectivity index (χ1v) is 7.56. The molecule has 126 valence electrons. The van der Waals surface area contributed by atoms with E-state index in [2.05, 4.69) is 20.8 Å². The number of nitrogens with one attached hydrogen (secondary N) is 3. The van der Waals surface area contributed by atoms with Gasteiger partial charge in [0, 0.05) is 50.6 Å². The molecule has 0 spiro atoms. The molecule has 2 aromatic rings. The van der Waals surface area contributed by atoms with E-state index in [0.29, 0.717) is 17.9 Å². The Labute approximate surface area is 138 Å². The third-order valence-electron chi connectivity index (χ3n) is 3.88. The summed E-state index contributed by atoms with van der Waals surface area (Å²) in [5, 5.41) is 12.8. The van der Waals surface area contributed by atoms with Gasteiger partial charge in [-0.2, -0.15) is 5.10 Å². The monoisotopic (exact) mass is 331 g/mol. The van der Waals surface area contributed by atoms with Gasteiger partial charge in [-0.25, -0.2) is 4.39 Å². The molecule has 2 amide bonds. The van der Waals surface area contributed by atoms with Crippen molar-refractivity contribution < 1.29 is 14.0 Å². The van der Waals surface area contributed by atoms with Crippen LogP contribution in [0.15, 0.2) is 18.2 Å². The highest BCUT2D eigenvalue weighted by Gasteiger charge is 2.22. The number of anilines is 1. The smallest absolute Gasteiger partial charge is 0.276 e. The average molecular weight is 331 g/mol. The lowest BCUT2D eigenvalue weighted by Crippen LogP contribution is -2.25. The largest absolute Gasteiger partial charge is 0.345 e. The number of carbonyl (C=O) groups is 2. The number of hydrogen-bond acceptors (Lipinski definition) is 4. The molecule has 8 heteroatoms. The minimum atomic E-state index is -0.631. The Morgan fingerprint density at radius 2 is 2.12 bits per heavy atom. The first-order chi connectivity index (χ1) is 11.5. The fraction of sp³-hybridized carbons (Fsp3) is 0.312. The maximum absolute atomic E-state index is 13.8. The summed E-state index contributed by atoms with van der Waals surface area (Å²) in [6.45, 7) is 1.41. The SMILES string of the molecule is CN(C)C(=O)c1cc(NC(=O)c2n[nH]c3c2CNCC3)ccc1F. The molecule has 1 aliphatic rings. The Hall–Kier alpha value is -2.74. The van der Waals surface area contributed by atoms with Crippen LogP contribution in [0.2, 0.25) is 0 Å². The molecule has 0 bridgehead atoms. The Morgan fingerprint density at radius 3 is 2.88 bits per heavy atom. The van der Waals surface area contributed by atoms with E-state index in [0.717, 1.165) is 30.3 Å². The third-order valence-corrected chi connectivity index (χ3v) is 3.88. The van der Waals surface area contributed by atoms with Crippen molar-refractivity contribution in [1.29, 1.82) is 0 Å². The highest BCUT2D eigenvalue weighted by molar-refractivity contribution is 6.05. The second kappa shape index (κ2) is 6.40. The molecule has 0 saturated carbocycles. The summed E-state index contributed by atoms with van der Waals surface area (Å²) in [5.74, 6) is -1.50. The van der Waals surface area contributed by atoms with Crippen LogP contribution in [0.1, 0.15) is 32.1 Å². The predicted octanol–water partition coefficient (Wildman–Crippen LogP) is 1.15. The first-order valence-electron chi connectivity index (χ1n) is 7.56. The number of aromatic nitrogens is 2. The highest BCUT2D eigenvalue weighted by atomic mass is 19.1. The minimum absolute atomic E-state index is 0.0940. The molecule has 0 atom stereocenters. The molecular formula is C16H18FN5O2. The summed E-state index contributed by atoms with van der Waals surface area (Å²) < 4.78 is 13.8. The Morgan fingerprint density at radius 1 is 1.33 bits per heavy atom. The second-order valence-corrected chi connectivity index (χ2v) is 5.80. The van der Waals surface area contributed by atoms with E-state index in [9.17, 15) is 14.0 Å². The number of hydrogen-bond donors (Lipinski definition) is 3. The second-order valence-electron chi connectivity index (χ2n) is 5.80. The van der Waals surface area contributed by atoms with Crippen LogP contribution in [-0.4, -0.2) is 47.6 Å². The number of rotatable bonds is 3. The number of fused-ring (bicyclic) bond motifs is 1. The zero-order chi connectivity index (χ0) is 17.3. The van der Waals surface area contributed by atoms with Crippen molar-refractivity contribution in [2.45, 2.75) is 13.0 Å². The van der Waals surface area contributed by atoms with Gasteiger partial charge in [0.15, 0.2) is 5.69 Å². The summed E-state index contributed by atoms with van der Waals surface area (Å²) >= 11 is 0. The quantitative estimate of drug-likeness (QED) is 0.787. The molecule has 0 saturated heterocycles. The van der Waals surface area contributed by atoms with Crippen molar-refractivity contribution in [1.82, 2.24) is 20.4 Å². The van der Waals surface area contributed by atoms with E-state index in [4.69, 9.17) is 0 Å². The van der Waals surface area contributed by atoms with Crippen molar-refractivity contribution in [2.24, 2.45) is 0 Å². The van der Waals surface area contributed by atoms with Gasteiger partial charge in [0.25, 0.3) is 11.8 Å². The summed E-state index contributed by atoms with van der Waals surface area (Å²) in [5.41, 5.74) is 2.34. The molecular weight excluding hydrogens is 313 g/mol. The van der Waals surface area contributed by atoms with Crippen LogP contribution in [0.5, 0.6) is 0 Å². The van der Waals surface area contributed by atoms with Gasteiger partial charge in [0.05, 0.1) is 5.56 Å². The normalized spacial score (nSPS) is 13.3. The Balaban J connectivity index is 1.83. The van der Waals surface area contributed by atoms with Crippen LogP contribution >= 0.6 is 0 Å². The lowest BCUT2D eigenvalue weighted by atomic mass is 10.1. The van der Waals surface area contributed by atoms with Crippen LogP contribution in [0.3, 0.4) is 0 Å². The fourth-order valence-electron chi connectivity index (χ4n) is 2.61. The summed E-state index contributed by atoms with van der Waals surface area (Å²) in [7, 11) is 3.08. The van der Waals surface area contributed by atoms with Crippen molar-refractivity contribution in [2.75, 3.05) is 26.0 Å². The van der Waals surface area contributed by atoms with Gasteiger partial charge >= 0.3 is 0 Å². The van der Waals surface area contributed by atoms with E-state index in [-0.39, 0.29) is 5.56 Å². The molecule has 24 heavy (non-hydrogen) atoms. The average Bonchev–Trinajstić information content (AvgIpc) is 3.00. The summed E-state index contributed by atoms with van der Waals surface area (Å²) in [6, 6.07) is 3.90. The van der Waals surface area contributed by atoms with Crippen molar-refractivity contribution in [3.8, 4) is 0 Å². The predicted molar refractivity (Wildman–Crippen MR) is 86.4 cm³/mol. The van der Waals surface area contributed by atoms with Crippen LogP contribution in [-0.2, 0) is 13.0 Å². The Kier molecular flexibility index (Phi) is 4.30. The van der Waals surface area contributed by atoms with Crippen molar-refractivity contribution in [3.05, 3.63) is 46.5 Å². The summed E-state index contributed by atoms with van der Waals surface area (Å²) in [4.78, 5) is 25.7. The number of halogens is 1. The first kappa shape index (κ1) is 16.1. The van der Waals surface area contributed by atoms with Gasteiger partial charge < -0.3 is 15.5 Å². The van der Waals surface area contributed by atoms with Gasteiger partial charge in [-0.05, 0) is 18.2 Å². The summed E-state index contributed by atoms with van der Waals surface area (Å²) in [6.07, 6.45) is 0.785. The fourth-order valence-corrected chi connectivity index (χ4v) is 2.61.